The Morgan fingerprint density at radius 2 is 1.81 bits per heavy atom. The van der Waals surface area contributed by atoms with Crippen LogP contribution < -0.4 is 19.5 Å². The summed E-state index contributed by atoms with van der Waals surface area (Å²) in [5.41, 5.74) is 0.652. The summed E-state index contributed by atoms with van der Waals surface area (Å²) in [5, 5.41) is 6.69. The van der Waals surface area contributed by atoms with Gasteiger partial charge < -0.3 is 28.8 Å². The molecule has 0 aliphatic rings. The molecule has 142 valence electrons. The first-order chi connectivity index (χ1) is 12.6. The van der Waals surface area contributed by atoms with Crippen LogP contribution in [0.25, 0.3) is 11.4 Å². The third-order valence-electron chi connectivity index (χ3n) is 3.59. The largest absolute Gasteiger partial charge is 0.493 e. The van der Waals surface area contributed by atoms with Gasteiger partial charge in [0.15, 0.2) is 11.5 Å². The van der Waals surface area contributed by atoms with Crippen LogP contribution in [0.2, 0.25) is 0 Å². The number of ether oxygens (including phenoxy) is 4. The number of nitrogens with zero attached hydrogens (tertiary/aromatic N) is 2. The van der Waals surface area contributed by atoms with E-state index in [4.69, 9.17) is 23.5 Å². The maximum Gasteiger partial charge on any atom is 0.227 e. The normalized spacial score (nSPS) is 10.5. The van der Waals surface area contributed by atoms with Crippen molar-refractivity contribution >= 4 is 5.91 Å². The molecule has 0 atom stereocenters. The van der Waals surface area contributed by atoms with E-state index in [1.165, 1.54) is 21.3 Å². The van der Waals surface area contributed by atoms with E-state index in [2.05, 4.69) is 15.5 Å². The molecule has 1 aromatic carbocycles. The lowest BCUT2D eigenvalue weighted by atomic mass is 10.1. The zero-order valence-corrected chi connectivity index (χ0v) is 15.3. The van der Waals surface area contributed by atoms with Gasteiger partial charge >= 0.3 is 0 Å². The van der Waals surface area contributed by atoms with Crippen LogP contribution >= 0.6 is 0 Å². The van der Waals surface area contributed by atoms with Crippen LogP contribution in [-0.2, 0) is 16.0 Å². The molecule has 0 unspecified atom stereocenters. The van der Waals surface area contributed by atoms with Gasteiger partial charge in [-0.2, -0.15) is 4.98 Å². The minimum absolute atomic E-state index is 0.102. The molecule has 1 amide bonds. The van der Waals surface area contributed by atoms with Crippen molar-refractivity contribution in [1.82, 2.24) is 15.5 Å². The van der Waals surface area contributed by atoms with Crippen molar-refractivity contribution in [3.8, 4) is 28.6 Å². The van der Waals surface area contributed by atoms with Crippen LogP contribution in [0.3, 0.4) is 0 Å². The minimum atomic E-state index is -0.102. The van der Waals surface area contributed by atoms with E-state index in [1.807, 2.05) is 0 Å². The van der Waals surface area contributed by atoms with Crippen LogP contribution in [0, 0.1) is 0 Å². The zero-order valence-electron chi connectivity index (χ0n) is 15.3. The van der Waals surface area contributed by atoms with Crippen molar-refractivity contribution in [2.45, 2.75) is 12.8 Å². The number of amides is 1. The number of nitrogens with one attached hydrogen (secondary N) is 1. The number of carbonyl (C=O) groups is 1. The average Bonchev–Trinajstić information content (AvgIpc) is 3.14. The Kier molecular flexibility index (Phi) is 7.22. The molecule has 1 aromatic heterocycles. The molecule has 0 aliphatic carbocycles. The molecule has 0 saturated heterocycles. The maximum atomic E-state index is 11.7. The van der Waals surface area contributed by atoms with Gasteiger partial charge in [-0.1, -0.05) is 5.16 Å². The van der Waals surface area contributed by atoms with Gasteiger partial charge in [0.05, 0.1) is 27.9 Å². The molecule has 1 N–H and O–H groups in total. The number of methoxy groups -OCH3 is 4. The van der Waals surface area contributed by atoms with Crippen LogP contribution in [-0.4, -0.2) is 57.6 Å². The van der Waals surface area contributed by atoms with E-state index in [-0.39, 0.29) is 12.3 Å². The summed E-state index contributed by atoms with van der Waals surface area (Å²) < 4.78 is 26.0. The predicted octanol–water partition coefficient (Wildman–Crippen LogP) is 1.46. The average molecular weight is 365 g/mol. The summed E-state index contributed by atoms with van der Waals surface area (Å²) in [6.07, 6.45) is 0.594. The van der Waals surface area contributed by atoms with Gasteiger partial charge in [0.1, 0.15) is 0 Å². The highest BCUT2D eigenvalue weighted by Crippen LogP contribution is 2.40. The van der Waals surface area contributed by atoms with Crippen molar-refractivity contribution in [1.29, 1.82) is 0 Å². The first-order valence-electron chi connectivity index (χ1n) is 8.01. The maximum absolute atomic E-state index is 11.7. The quantitative estimate of drug-likeness (QED) is 0.631. The molecule has 26 heavy (non-hydrogen) atoms. The Labute approximate surface area is 151 Å². The number of hydrogen-bond acceptors (Lipinski definition) is 8. The Morgan fingerprint density at radius 1 is 1.12 bits per heavy atom. The topological polar surface area (TPSA) is 105 Å². The molecule has 2 aromatic rings. The van der Waals surface area contributed by atoms with Crippen molar-refractivity contribution in [2.24, 2.45) is 0 Å². The Bertz CT molecular complexity index is 706. The van der Waals surface area contributed by atoms with Gasteiger partial charge in [-0.15, -0.1) is 0 Å². The first-order valence-corrected chi connectivity index (χ1v) is 8.01. The monoisotopic (exact) mass is 365 g/mol. The molecule has 0 aliphatic heterocycles. The highest BCUT2D eigenvalue weighted by Gasteiger charge is 2.17. The van der Waals surface area contributed by atoms with Crippen molar-refractivity contribution < 1.29 is 28.3 Å². The summed E-state index contributed by atoms with van der Waals surface area (Å²) in [6.45, 7) is 0.938. The highest BCUT2D eigenvalue weighted by atomic mass is 16.5. The molecule has 9 heteroatoms. The minimum Gasteiger partial charge on any atom is -0.493 e. The zero-order chi connectivity index (χ0) is 18.9. The second-order valence-corrected chi connectivity index (χ2v) is 5.27. The summed E-state index contributed by atoms with van der Waals surface area (Å²) >= 11 is 0. The van der Waals surface area contributed by atoms with Gasteiger partial charge in [0, 0.05) is 32.1 Å². The predicted molar refractivity (Wildman–Crippen MR) is 92.6 cm³/mol. The van der Waals surface area contributed by atoms with Crippen molar-refractivity contribution in [3.63, 3.8) is 0 Å². The number of aromatic nitrogens is 2. The Hall–Kier alpha value is -2.81. The highest BCUT2D eigenvalue weighted by molar-refractivity contribution is 5.76. The lowest BCUT2D eigenvalue weighted by molar-refractivity contribution is -0.121. The lowest BCUT2D eigenvalue weighted by Crippen LogP contribution is -2.27. The van der Waals surface area contributed by atoms with Crippen LogP contribution in [0.5, 0.6) is 17.2 Å². The van der Waals surface area contributed by atoms with Gasteiger partial charge in [0.2, 0.25) is 23.4 Å². The fraction of sp³-hybridized carbons (Fsp3) is 0.471. The van der Waals surface area contributed by atoms with Gasteiger partial charge in [0.25, 0.3) is 0 Å². The Morgan fingerprint density at radius 3 is 2.38 bits per heavy atom. The second kappa shape index (κ2) is 9.62. The SMILES string of the molecule is COCCNC(=O)CCc1nc(-c2cc(OC)c(OC)c(OC)c2)no1. The van der Waals surface area contributed by atoms with E-state index < -0.39 is 0 Å². The molecular formula is C17H23N3O6. The van der Waals surface area contributed by atoms with Gasteiger partial charge in [-0.05, 0) is 12.1 Å². The second-order valence-electron chi connectivity index (χ2n) is 5.27. The summed E-state index contributed by atoms with van der Waals surface area (Å²) in [4.78, 5) is 16.0. The summed E-state index contributed by atoms with van der Waals surface area (Å²) in [6, 6.07) is 3.46. The molecule has 9 nitrogen and oxygen atoms in total. The van der Waals surface area contributed by atoms with Crippen LogP contribution in [0.4, 0.5) is 0 Å². The van der Waals surface area contributed by atoms with E-state index in [9.17, 15) is 4.79 Å². The van der Waals surface area contributed by atoms with Crippen molar-refractivity contribution in [3.05, 3.63) is 18.0 Å². The molecule has 0 spiro atoms. The number of aryl methyl sites for hydroxylation is 1. The fourth-order valence-corrected chi connectivity index (χ4v) is 2.29. The lowest BCUT2D eigenvalue weighted by Gasteiger charge is -2.12. The van der Waals surface area contributed by atoms with E-state index in [0.29, 0.717) is 54.1 Å². The number of rotatable bonds is 10. The van der Waals surface area contributed by atoms with Gasteiger partial charge in [-0.3, -0.25) is 4.79 Å². The molecule has 2 rings (SSSR count). The van der Waals surface area contributed by atoms with Gasteiger partial charge in [-0.25, -0.2) is 0 Å². The van der Waals surface area contributed by atoms with E-state index in [1.54, 1.807) is 19.2 Å². The van der Waals surface area contributed by atoms with Crippen molar-refractivity contribution in [2.75, 3.05) is 41.6 Å². The first kappa shape index (κ1) is 19.5. The van der Waals surface area contributed by atoms with Crippen LogP contribution in [0.1, 0.15) is 12.3 Å². The summed E-state index contributed by atoms with van der Waals surface area (Å²) in [7, 11) is 6.18. The standard InChI is InChI=1S/C17H23N3O6/c1-22-8-7-18-14(21)5-6-15-19-17(20-26-15)11-9-12(23-2)16(25-4)13(10-11)24-3/h9-10H,5-8H2,1-4H3,(H,18,21). The summed E-state index contributed by atoms with van der Waals surface area (Å²) in [5.74, 6) is 2.11. The molecule has 0 saturated carbocycles. The Balaban J connectivity index is 2.08. The number of hydrogen-bond donors (Lipinski definition) is 1. The number of benzene rings is 1. The fourth-order valence-electron chi connectivity index (χ4n) is 2.29. The third-order valence-corrected chi connectivity index (χ3v) is 3.59. The van der Waals surface area contributed by atoms with E-state index in [0.717, 1.165) is 0 Å². The van der Waals surface area contributed by atoms with E-state index >= 15 is 0 Å². The number of carbonyl (C=O) groups excluding carboxylic acids is 1. The molecule has 1 heterocycles. The molecule has 0 fully saturated rings. The third kappa shape index (κ3) is 4.85. The molecule has 0 bridgehead atoms. The smallest absolute Gasteiger partial charge is 0.227 e. The molecule has 0 radical (unpaired) electrons. The molecular weight excluding hydrogens is 342 g/mol. The van der Waals surface area contributed by atoms with Crippen LogP contribution in [0.15, 0.2) is 16.7 Å².